The Kier molecular flexibility index (Phi) is 8.61. The Morgan fingerprint density at radius 3 is 2.94 bits per heavy atom. The maximum atomic E-state index is 11.5. The predicted molar refractivity (Wildman–Crippen MR) is 68.8 cm³/mol. The average Bonchev–Trinajstić information content (AvgIpc) is 2.26. The molecule has 0 spiro atoms. The Hall–Kier alpha value is -0.320. The van der Waals surface area contributed by atoms with Gasteiger partial charge in [-0.1, -0.05) is 6.92 Å². The molecular formula is C11H24ClN3O. The van der Waals surface area contributed by atoms with Gasteiger partial charge in [-0.25, -0.2) is 0 Å². The average molecular weight is 250 g/mol. The highest BCUT2D eigenvalue weighted by Gasteiger charge is 2.20. The number of likely N-dealkylation sites (tertiary alicyclic amines) is 1. The first-order chi connectivity index (χ1) is 7.26. The number of hydrogen-bond acceptors (Lipinski definition) is 3. The molecule has 96 valence electrons. The number of nitrogens with one attached hydrogen (secondary N) is 1. The van der Waals surface area contributed by atoms with Crippen LogP contribution in [0.25, 0.3) is 0 Å². The van der Waals surface area contributed by atoms with E-state index >= 15 is 0 Å². The summed E-state index contributed by atoms with van der Waals surface area (Å²) in [4.78, 5) is 13.7. The molecule has 0 saturated carbocycles. The number of hydrogen-bond donors (Lipinski definition) is 2. The molecule has 3 N–H and O–H groups in total. The number of rotatable bonds is 5. The van der Waals surface area contributed by atoms with E-state index in [0.717, 1.165) is 32.6 Å². The predicted octanol–water partition coefficient (Wildman–Crippen LogP) is 0.605. The van der Waals surface area contributed by atoms with Crippen molar-refractivity contribution in [2.24, 2.45) is 11.7 Å². The Bertz CT molecular complexity index is 202. The van der Waals surface area contributed by atoms with Gasteiger partial charge in [0, 0.05) is 13.1 Å². The van der Waals surface area contributed by atoms with Crippen molar-refractivity contribution in [3.63, 3.8) is 0 Å². The molecule has 1 aliphatic heterocycles. The molecular weight excluding hydrogens is 226 g/mol. The van der Waals surface area contributed by atoms with Crippen molar-refractivity contribution >= 4 is 18.3 Å². The largest absolute Gasteiger partial charge is 0.355 e. The smallest absolute Gasteiger partial charge is 0.234 e. The molecule has 1 heterocycles. The van der Waals surface area contributed by atoms with Crippen LogP contribution in [-0.2, 0) is 4.79 Å². The van der Waals surface area contributed by atoms with Crippen LogP contribution in [0.15, 0.2) is 0 Å². The van der Waals surface area contributed by atoms with Gasteiger partial charge in [0.15, 0.2) is 0 Å². The summed E-state index contributed by atoms with van der Waals surface area (Å²) in [5.41, 5.74) is 5.65. The Morgan fingerprint density at radius 2 is 2.31 bits per heavy atom. The third-order valence-electron chi connectivity index (χ3n) is 2.88. The molecule has 0 aromatic rings. The second-order valence-electron chi connectivity index (χ2n) is 4.33. The summed E-state index contributed by atoms with van der Waals surface area (Å²) >= 11 is 0. The summed E-state index contributed by atoms with van der Waals surface area (Å²) in [5, 5.41) is 2.90. The monoisotopic (exact) mass is 249 g/mol. The van der Waals surface area contributed by atoms with Crippen LogP contribution in [0.4, 0.5) is 0 Å². The summed E-state index contributed by atoms with van der Waals surface area (Å²) in [6.45, 7) is 6.15. The Labute approximate surface area is 104 Å². The maximum Gasteiger partial charge on any atom is 0.234 e. The van der Waals surface area contributed by atoms with Gasteiger partial charge in [0.1, 0.15) is 0 Å². The number of amides is 1. The van der Waals surface area contributed by atoms with Gasteiger partial charge >= 0.3 is 0 Å². The van der Waals surface area contributed by atoms with Crippen LogP contribution in [0.1, 0.15) is 26.2 Å². The zero-order chi connectivity index (χ0) is 11.1. The molecule has 1 aliphatic rings. The van der Waals surface area contributed by atoms with Crippen molar-refractivity contribution in [2.75, 3.05) is 32.7 Å². The second kappa shape index (κ2) is 8.79. The van der Waals surface area contributed by atoms with Crippen molar-refractivity contribution in [1.82, 2.24) is 10.2 Å². The number of nitrogens with zero attached hydrogens (tertiary/aromatic N) is 1. The van der Waals surface area contributed by atoms with Crippen LogP contribution in [0.2, 0.25) is 0 Å². The van der Waals surface area contributed by atoms with Crippen molar-refractivity contribution in [3.8, 4) is 0 Å². The quantitative estimate of drug-likeness (QED) is 0.751. The number of halogens is 1. The molecule has 0 aromatic heterocycles. The molecule has 1 unspecified atom stereocenters. The number of carbonyl (C=O) groups is 1. The summed E-state index contributed by atoms with van der Waals surface area (Å²) in [6, 6.07) is 0. The molecule has 1 saturated heterocycles. The normalized spacial score (nSPS) is 21.2. The number of carbonyl (C=O) groups excluding carboxylic acids is 1. The molecule has 0 aromatic carbocycles. The van der Waals surface area contributed by atoms with Crippen LogP contribution in [0, 0.1) is 5.92 Å². The standard InChI is InChI=1S/C11H23N3O.ClH/c1-2-5-13-11(15)9-14-6-3-4-10(7-12)8-14;/h10H,2-9,12H2,1H3,(H,13,15);1H. The third kappa shape index (κ3) is 5.68. The van der Waals surface area contributed by atoms with Crippen LogP contribution < -0.4 is 11.1 Å². The van der Waals surface area contributed by atoms with E-state index in [2.05, 4.69) is 17.1 Å². The molecule has 16 heavy (non-hydrogen) atoms. The van der Waals surface area contributed by atoms with Gasteiger partial charge in [-0.3, -0.25) is 9.69 Å². The van der Waals surface area contributed by atoms with Crippen molar-refractivity contribution in [3.05, 3.63) is 0 Å². The summed E-state index contributed by atoms with van der Waals surface area (Å²) in [6.07, 6.45) is 3.38. The molecule has 1 amide bonds. The molecule has 4 nitrogen and oxygen atoms in total. The second-order valence-corrected chi connectivity index (χ2v) is 4.33. The first-order valence-electron chi connectivity index (χ1n) is 5.95. The minimum Gasteiger partial charge on any atom is -0.355 e. The number of nitrogens with two attached hydrogens (primary N) is 1. The lowest BCUT2D eigenvalue weighted by molar-refractivity contribution is -0.122. The Balaban J connectivity index is 0.00000225. The Morgan fingerprint density at radius 1 is 1.56 bits per heavy atom. The van der Waals surface area contributed by atoms with E-state index in [1.807, 2.05) is 0 Å². The van der Waals surface area contributed by atoms with E-state index in [9.17, 15) is 4.79 Å². The molecule has 1 fully saturated rings. The lowest BCUT2D eigenvalue weighted by atomic mass is 9.98. The van der Waals surface area contributed by atoms with Crippen molar-refractivity contribution in [2.45, 2.75) is 26.2 Å². The van der Waals surface area contributed by atoms with Crippen LogP contribution >= 0.6 is 12.4 Å². The fraction of sp³-hybridized carbons (Fsp3) is 0.909. The molecule has 0 radical (unpaired) electrons. The van der Waals surface area contributed by atoms with E-state index in [1.54, 1.807) is 0 Å². The maximum absolute atomic E-state index is 11.5. The van der Waals surface area contributed by atoms with Gasteiger partial charge in [-0.2, -0.15) is 0 Å². The summed E-state index contributed by atoms with van der Waals surface area (Å²) in [5.74, 6) is 0.729. The number of piperidine rings is 1. The molecule has 0 aliphatic carbocycles. The molecule has 5 heteroatoms. The van der Waals surface area contributed by atoms with Crippen molar-refractivity contribution in [1.29, 1.82) is 0 Å². The van der Waals surface area contributed by atoms with E-state index in [1.165, 1.54) is 12.8 Å². The molecule has 0 bridgehead atoms. The topological polar surface area (TPSA) is 58.4 Å². The minimum absolute atomic E-state index is 0. The van der Waals surface area contributed by atoms with Gasteiger partial charge < -0.3 is 11.1 Å². The van der Waals surface area contributed by atoms with E-state index in [-0.39, 0.29) is 18.3 Å². The van der Waals surface area contributed by atoms with Gasteiger partial charge in [-0.15, -0.1) is 12.4 Å². The van der Waals surface area contributed by atoms with Crippen molar-refractivity contribution < 1.29 is 4.79 Å². The van der Waals surface area contributed by atoms with E-state index < -0.39 is 0 Å². The first-order valence-corrected chi connectivity index (χ1v) is 5.95. The molecule has 1 atom stereocenters. The summed E-state index contributed by atoms with van der Waals surface area (Å²) in [7, 11) is 0. The highest BCUT2D eigenvalue weighted by atomic mass is 35.5. The fourth-order valence-corrected chi connectivity index (χ4v) is 2.01. The van der Waals surface area contributed by atoms with Gasteiger partial charge in [0.05, 0.1) is 6.54 Å². The third-order valence-corrected chi connectivity index (χ3v) is 2.88. The van der Waals surface area contributed by atoms with E-state index in [4.69, 9.17) is 5.73 Å². The SMILES string of the molecule is CCCNC(=O)CN1CCCC(CN)C1.Cl. The first kappa shape index (κ1) is 15.7. The lowest BCUT2D eigenvalue weighted by Crippen LogP contribution is -2.44. The van der Waals surface area contributed by atoms with Crippen LogP contribution in [0.5, 0.6) is 0 Å². The lowest BCUT2D eigenvalue weighted by Gasteiger charge is -2.31. The van der Waals surface area contributed by atoms with Gasteiger partial charge in [0.2, 0.25) is 5.91 Å². The molecule has 1 rings (SSSR count). The fourth-order valence-electron chi connectivity index (χ4n) is 2.01. The summed E-state index contributed by atoms with van der Waals surface area (Å²) < 4.78 is 0. The van der Waals surface area contributed by atoms with Gasteiger partial charge in [0.25, 0.3) is 0 Å². The highest BCUT2D eigenvalue weighted by molar-refractivity contribution is 5.85. The van der Waals surface area contributed by atoms with Gasteiger partial charge in [-0.05, 0) is 38.3 Å². The zero-order valence-corrected chi connectivity index (χ0v) is 10.9. The zero-order valence-electron chi connectivity index (χ0n) is 10.1. The highest BCUT2D eigenvalue weighted by Crippen LogP contribution is 2.14. The van der Waals surface area contributed by atoms with Crippen LogP contribution in [-0.4, -0.2) is 43.5 Å². The van der Waals surface area contributed by atoms with E-state index in [0.29, 0.717) is 12.5 Å². The minimum atomic E-state index is 0. The van der Waals surface area contributed by atoms with Crippen LogP contribution in [0.3, 0.4) is 0 Å².